The van der Waals surface area contributed by atoms with Gasteiger partial charge in [0.15, 0.2) is 0 Å². The smallest absolute Gasteiger partial charge is 0.251 e. The van der Waals surface area contributed by atoms with Gasteiger partial charge in [0, 0.05) is 41.7 Å². The SMILES string of the molecule is CN(C)CC1N=C(c2ccc3[nH]nc(-c4cccc(C(=O)NCCN5CCCCC5)c4)c3c2)NN1. The lowest BCUT2D eigenvalue weighted by atomic mass is 10.0. The molecule has 0 radical (unpaired) electrons. The molecule has 2 aromatic carbocycles. The van der Waals surface area contributed by atoms with Crippen molar-refractivity contribution in [1.29, 1.82) is 0 Å². The Morgan fingerprint density at radius 2 is 1.97 bits per heavy atom. The highest BCUT2D eigenvalue weighted by molar-refractivity contribution is 6.05. The maximum absolute atomic E-state index is 12.8. The van der Waals surface area contributed by atoms with E-state index in [1.807, 2.05) is 50.5 Å². The zero-order valence-electron chi connectivity index (χ0n) is 20.5. The van der Waals surface area contributed by atoms with E-state index in [4.69, 9.17) is 4.99 Å². The molecule has 9 nitrogen and oxygen atoms in total. The van der Waals surface area contributed by atoms with Gasteiger partial charge < -0.3 is 20.5 Å². The maximum atomic E-state index is 12.8. The highest BCUT2D eigenvalue weighted by atomic mass is 16.1. The van der Waals surface area contributed by atoms with Crippen molar-refractivity contribution in [2.45, 2.75) is 25.4 Å². The summed E-state index contributed by atoms with van der Waals surface area (Å²) in [5, 5.41) is 11.8. The minimum atomic E-state index is -0.0492. The number of amidine groups is 1. The Morgan fingerprint density at radius 3 is 2.80 bits per heavy atom. The van der Waals surface area contributed by atoms with E-state index in [2.05, 4.69) is 42.2 Å². The number of fused-ring (bicyclic) bond motifs is 1. The number of H-pyrrole nitrogens is 1. The molecule has 0 saturated carbocycles. The molecule has 1 atom stereocenters. The monoisotopic (exact) mass is 474 g/mol. The quantitative estimate of drug-likeness (QED) is 0.399. The van der Waals surface area contributed by atoms with Gasteiger partial charge in [-0.05, 0) is 70.4 Å². The number of carbonyl (C=O) groups excluding carboxylic acids is 1. The predicted molar refractivity (Wildman–Crippen MR) is 139 cm³/mol. The van der Waals surface area contributed by atoms with Crippen LogP contribution in [0.2, 0.25) is 0 Å². The lowest BCUT2D eigenvalue weighted by Crippen LogP contribution is -2.40. The van der Waals surface area contributed by atoms with E-state index in [9.17, 15) is 4.79 Å². The average Bonchev–Trinajstić information content (AvgIpc) is 3.51. The first-order valence-electron chi connectivity index (χ1n) is 12.4. The molecule has 1 saturated heterocycles. The van der Waals surface area contributed by atoms with E-state index in [1.54, 1.807) is 0 Å². The summed E-state index contributed by atoms with van der Waals surface area (Å²) < 4.78 is 0. The van der Waals surface area contributed by atoms with Gasteiger partial charge in [-0.2, -0.15) is 5.10 Å². The van der Waals surface area contributed by atoms with Crippen LogP contribution in [0.3, 0.4) is 0 Å². The van der Waals surface area contributed by atoms with E-state index in [-0.39, 0.29) is 12.1 Å². The van der Waals surface area contributed by atoms with Crippen LogP contribution in [0.25, 0.3) is 22.2 Å². The van der Waals surface area contributed by atoms with Gasteiger partial charge in [0.2, 0.25) is 0 Å². The fourth-order valence-electron chi connectivity index (χ4n) is 4.75. The van der Waals surface area contributed by atoms with Crippen molar-refractivity contribution in [1.82, 2.24) is 36.2 Å². The largest absolute Gasteiger partial charge is 0.351 e. The number of rotatable bonds is 8. The number of nitrogens with zero attached hydrogens (tertiary/aromatic N) is 4. The van der Waals surface area contributed by atoms with E-state index in [0.29, 0.717) is 12.1 Å². The molecule has 2 aliphatic rings. The average molecular weight is 475 g/mol. The summed E-state index contributed by atoms with van der Waals surface area (Å²) in [6.45, 7) is 4.64. The molecule has 184 valence electrons. The number of piperidine rings is 1. The standard InChI is InChI=1S/C26H34N8O/c1-33(2)17-23-28-25(32-30-23)19-9-10-22-21(16-19)24(31-29-22)18-7-6-8-20(15-18)26(35)27-11-14-34-12-4-3-5-13-34/h6-10,15-16,23,30H,3-5,11-14,17H2,1-2H3,(H,27,35)(H,28,32)(H,29,31). The summed E-state index contributed by atoms with van der Waals surface area (Å²) in [6.07, 6.45) is 3.83. The second kappa shape index (κ2) is 10.6. The fraction of sp³-hybridized carbons (Fsp3) is 0.423. The normalized spacial score (nSPS) is 18.6. The molecule has 1 unspecified atom stereocenters. The third-order valence-electron chi connectivity index (χ3n) is 6.58. The topological polar surface area (TPSA) is 101 Å². The van der Waals surface area contributed by atoms with Crippen LogP contribution in [0.4, 0.5) is 0 Å². The van der Waals surface area contributed by atoms with Crippen molar-refractivity contribution in [3.05, 3.63) is 53.6 Å². The van der Waals surface area contributed by atoms with E-state index >= 15 is 0 Å². The van der Waals surface area contributed by atoms with Gasteiger partial charge in [-0.15, -0.1) is 0 Å². The summed E-state index contributed by atoms with van der Waals surface area (Å²) in [5.74, 6) is 0.764. The number of nitrogens with one attached hydrogen (secondary N) is 4. The number of aromatic nitrogens is 2. The molecule has 1 amide bonds. The zero-order valence-corrected chi connectivity index (χ0v) is 20.5. The zero-order chi connectivity index (χ0) is 24.2. The third-order valence-corrected chi connectivity index (χ3v) is 6.58. The third kappa shape index (κ3) is 5.53. The Hall–Kier alpha value is -3.27. The second-order valence-electron chi connectivity index (χ2n) is 9.60. The number of amides is 1. The van der Waals surface area contributed by atoms with Crippen LogP contribution in [0.1, 0.15) is 35.2 Å². The van der Waals surface area contributed by atoms with Crippen molar-refractivity contribution in [2.24, 2.45) is 4.99 Å². The summed E-state index contributed by atoms with van der Waals surface area (Å²) in [5.41, 5.74) is 10.7. The number of benzene rings is 2. The van der Waals surface area contributed by atoms with Gasteiger partial charge in [0.25, 0.3) is 5.91 Å². The Kier molecular flexibility index (Phi) is 7.08. The minimum absolute atomic E-state index is 0.00428. The van der Waals surface area contributed by atoms with Gasteiger partial charge in [-0.3, -0.25) is 9.89 Å². The highest BCUT2D eigenvalue weighted by Gasteiger charge is 2.19. The molecule has 0 aliphatic carbocycles. The van der Waals surface area contributed by atoms with Gasteiger partial charge in [0.05, 0.1) is 11.2 Å². The molecular formula is C26H34N8O. The van der Waals surface area contributed by atoms with Gasteiger partial charge in [-0.1, -0.05) is 18.6 Å². The highest BCUT2D eigenvalue weighted by Crippen LogP contribution is 2.28. The van der Waals surface area contributed by atoms with Crippen LogP contribution in [-0.4, -0.2) is 84.7 Å². The number of carbonyl (C=O) groups is 1. The first-order chi connectivity index (χ1) is 17.1. The molecule has 1 fully saturated rings. The van der Waals surface area contributed by atoms with Gasteiger partial charge in [-0.25, -0.2) is 10.4 Å². The van der Waals surface area contributed by atoms with Crippen LogP contribution in [-0.2, 0) is 0 Å². The molecule has 3 heterocycles. The number of aliphatic imine (C=N–C) groups is 1. The number of hydrazine groups is 1. The lowest BCUT2D eigenvalue weighted by molar-refractivity contribution is 0.0946. The molecular weight excluding hydrogens is 440 g/mol. The molecule has 3 aromatic rings. The second-order valence-corrected chi connectivity index (χ2v) is 9.60. The van der Waals surface area contributed by atoms with Crippen LogP contribution in [0, 0.1) is 0 Å². The number of aromatic amines is 1. The Labute approximate surface area is 205 Å². The van der Waals surface area contributed by atoms with Crippen molar-refractivity contribution in [3.8, 4) is 11.3 Å². The molecule has 4 N–H and O–H groups in total. The first kappa shape index (κ1) is 23.5. The molecule has 9 heteroatoms. The van der Waals surface area contributed by atoms with E-state index in [1.165, 1.54) is 19.3 Å². The van der Waals surface area contributed by atoms with Crippen molar-refractivity contribution in [2.75, 3.05) is 46.8 Å². The number of hydrogen-bond acceptors (Lipinski definition) is 7. The van der Waals surface area contributed by atoms with E-state index in [0.717, 1.165) is 59.7 Å². The van der Waals surface area contributed by atoms with Crippen molar-refractivity contribution < 1.29 is 4.79 Å². The Bertz CT molecular complexity index is 1210. The van der Waals surface area contributed by atoms with Crippen molar-refractivity contribution in [3.63, 3.8) is 0 Å². The van der Waals surface area contributed by atoms with Gasteiger partial charge >= 0.3 is 0 Å². The first-order valence-corrected chi connectivity index (χ1v) is 12.4. The number of likely N-dealkylation sites (N-methyl/N-ethyl adjacent to an activating group) is 1. The van der Waals surface area contributed by atoms with Crippen LogP contribution in [0.5, 0.6) is 0 Å². The molecule has 5 rings (SSSR count). The van der Waals surface area contributed by atoms with Crippen molar-refractivity contribution >= 4 is 22.6 Å². The molecule has 0 spiro atoms. The van der Waals surface area contributed by atoms with Gasteiger partial charge in [0.1, 0.15) is 12.0 Å². The summed E-state index contributed by atoms with van der Waals surface area (Å²) >= 11 is 0. The number of likely N-dealkylation sites (tertiary alicyclic amines) is 1. The van der Waals surface area contributed by atoms with E-state index < -0.39 is 0 Å². The molecule has 35 heavy (non-hydrogen) atoms. The molecule has 0 bridgehead atoms. The molecule has 1 aromatic heterocycles. The Morgan fingerprint density at radius 1 is 1.11 bits per heavy atom. The van der Waals surface area contributed by atoms with Crippen LogP contribution >= 0.6 is 0 Å². The number of hydrogen-bond donors (Lipinski definition) is 4. The lowest BCUT2D eigenvalue weighted by Gasteiger charge is -2.26. The summed E-state index contributed by atoms with van der Waals surface area (Å²) in [4.78, 5) is 22.1. The molecule has 2 aliphatic heterocycles. The Balaban J connectivity index is 1.31. The minimum Gasteiger partial charge on any atom is -0.351 e. The maximum Gasteiger partial charge on any atom is 0.251 e. The predicted octanol–water partition coefficient (Wildman–Crippen LogP) is 2.19. The van der Waals surface area contributed by atoms with Crippen LogP contribution in [0.15, 0.2) is 47.5 Å². The fourth-order valence-corrected chi connectivity index (χ4v) is 4.75. The summed E-state index contributed by atoms with van der Waals surface area (Å²) in [6, 6.07) is 13.8. The summed E-state index contributed by atoms with van der Waals surface area (Å²) in [7, 11) is 4.06. The van der Waals surface area contributed by atoms with Crippen LogP contribution < -0.4 is 16.2 Å².